The minimum atomic E-state index is -1.13. The molecule has 0 saturated carbocycles. The summed E-state index contributed by atoms with van der Waals surface area (Å²) in [5.41, 5.74) is 2.70. The smallest absolute Gasteiger partial charge is 0.177 e. The third-order valence-corrected chi connectivity index (χ3v) is 4.68. The normalized spacial score (nSPS) is 10.5. The van der Waals surface area contributed by atoms with Crippen LogP contribution >= 0.6 is 0 Å². The predicted molar refractivity (Wildman–Crippen MR) is 107 cm³/mol. The van der Waals surface area contributed by atoms with Gasteiger partial charge in [0.15, 0.2) is 11.6 Å². The molecule has 0 amide bonds. The number of nitriles is 1. The van der Waals surface area contributed by atoms with E-state index in [0.717, 1.165) is 5.56 Å². The van der Waals surface area contributed by atoms with Gasteiger partial charge in [0.1, 0.15) is 6.07 Å². The summed E-state index contributed by atoms with van der Waals surface area (Å²) in [7, 11) is 0. The minimum absolute atomic E-state index is 0.155. The molecule has 4 aromatic carbocycles. The van der Waals surface area contributed by atoms with Crippen LogP contribution in [0.2, 0.25) is 0 Å². The molecule has 3 heteroatoms. The molecule has 0 aliphatic carbocycles. The van der Waals surface area contributed by atoms with E-state index in [2.05, 4.69) is 0 Å². The van der Waals surface area contributed by atoms with Crippen LogP contribution in [0.3, 0.4) is 0 Å². The minimum Gasteiger partial charge on any atom is -0.203 e. The van der Waals surface area contributed by atoms with E-state index in [9.17, 15) is 9.65 Å². The summed E-state index contributed by atoms with van der Waals surface area (Å²) in [4.78, 5) is 0. The first-order valence-electron chi connectivity index (χ1n) is 8.83. The van der Waals surface area contributed by atoms with E-state index < -0.39 is 11.6 Å². The summed E-state index contributed by atoms with van der Waals surface area (Å²) in [6, 6.07) is 29.0. The zero-order valence-corrected chi connectivity index (χ0v) is 14.9. The SMILES string of the molecule is N#Cc1c(F)c(F)c(-c2ccccc2)c(-c2ccccc2)c1-c1ccccc1. The van der Waals surface area contributed by atoms with Crippen molar-refractivity contribution in [3.63, 3.8) is 0 Å². The Morgan fingerprint density at radius 2 is 0.893 bits per heavy atom. The lowest BCUT2D eigenvalue weighted by atomic mass is 9.84. The van der Waals surface area contributed by atoms with Crippen LogP contribution in [0.4, 0.5) is 8.78 Å². The molecule has 0 aromatic heterocycles. The second-order valence-corrected chi connectivity index (χ2v) is 6.34. The van der Waals surface area contributed by atoms with Crippen molar-refractivity contribution >= 4 is 0 Å². The molecule has 1 nitrogen and oxygen atoms in total. The highest BCUT2D eigenvalue weighted by molar-refractivity contribution is 5.97. The molecule has 0 saturated heterocycles. The molecule has 0 spiro atoms. The molecule has 0 radical (unpaired) electrons. The summed E-state index contributed by atoms with van der Waals surface area (Å²) in [5.74, 6) is -2.14. The monoisotopic (exact) mass is 367 g/mol. The fourth-order valence-electron chi connectivity index (χ4n) is 3.46. The zero-order valence-electron chi connectivity index (χ0n) is 14.9. The molecule has 28 heavy (non-hydrogen) atoms. The summed E-state index contributed by atoms with van der Waals surface area (Å²) in [6.07, 6.45) is 0. The van der Waals surface area contributed by atoms with Gasteiger partial charge in [-0.2, -0.15) is 5.26 Å². The summed E-state index contributed by atoms with van der Waals surface area (Å²) >= 11 is 0. The van der Waals surface area contributed by atoms with Crippen molar-refractivity contribution in [2.45, 2.75) is 0 Å². The number of halogens is 2. The third-order valence-electron chi connectivity index (χ3n) is 4.68. The maximum absolute atomic E-state index is 15.3. The maximum atomic E-state index is 15.3. The van der Waals surface area contributed by atoms with Crippen molar-refractivity contribution in [1.29, 1.82) is 5.26 Å². The highest BCUT2D eigenvalue weighted by Gasteiger charge is 2.27. The number of nitrogens with zero attached hydrogens (tertiary/aromatic N) is 1. The highest BCUT2D eigenvalue weighted by atomic mass is 19.2. The van der Waals surface area contributed by atoms with Crippen LogP contribution in [0.25, 0.3) is 33.4 Å². The topological polar surface area (TPSA) is 23.8 Å². The molecule has 0 bridgehead atoms. The van der Waals surface area contributed by atoms with Crippen LogP contribution in [0.15, 0.2) is 91.0 Å². The van der Waals surface area contributed by atoms with Crippen LogP contribution in [0, 0.1) is 23.0 Å². The average Bonchev–Trinajstić information content (AvgIpc) is 2.77. The number of hydrogen-bond acceptors (Lipinski definition) is 1. The summed E-state index contributed by atoms with van der Waals surface area (Å²) in [6.45, 7) is 0. The van der Waals surface area contributed by atoms with Crippen molar-refractivity contribution in [2.75, 3.05) is 0 Å². The molecule has 0 N–H and O–H groups in total. The van der Waals surface area contributed by atoms with Crippen LogP contribution < -0.4 is 0 Å². The van der Waals surface area contributed by atoms with Gasteiger partial charge in [-0.05, 0) is 16.7 Å². The Labute approximate surface area is 162 Å². The largest absolute Gasteiger partial charge is 0.203 e. The standard InChI is InChI=1S/C25H15F2N/c26-24-20(16-28)21(17-10-4-1-5-11-17)22(18-12-6-2-7-13-18)23(25(24)27)19-14-8-3-9-15-19/h1-15H. The van der Waals surface area contributed by atoms with E-state index in [1.807, 2.05) is 60.7 Å². The van der Waals surface area contributed by atoms with Crippen LogP contribution in [-0.4, -0.2) is 0 Å². The van der Waals surface area contributed by atoms with E-state index in [0.29, 0.717) is 22.3 Å². The Morgan fingerprint density at radius 3 is 1.32 bits per heavy atom. The van der Waals surface area contributed by atoms with Crippen molar-refractivity contribution in [3.05, 3.63) is 108 Å². The van der Waals surface area contributed by atoms with E-state index in [4.69, 9.17) is 0 Å². The molecular weight excluding hydrogens is 352 g/mol. The Hall–Kier alpha value is -3.77. The van der Waals surface area contributed by atoms with E-state index in [1.54, 1.807) is 36.4 Å². The van der Waals surface area contributed by atoms with E-state index in [1.165, 1.54) is 0 Å². The highest BCUT2D eigenvalue weighted by Crippen LogP contribution is 2.44. The fraction of sp³-hybridized carbons (Fsp3) is 0. The molecule has 0 heterocycles. The van der Waals surface area contributed by atoms with Crippen molar-refractivity contribution in [2.24, 2.45) is 0 Å². The van der Waals surface area contributed by atoms with Gasteiger partial charge in [0.2, 0.25) is 0 Å². The number of hydrogen-bond donors (Lipinski definition) is 0. The maximum Gasteiger partial charge on any atom is 0.177 e. The molecule has 0 aliphatic rings. The van der Waals surface area contributed by atoms with E-state index in [-0.39, 0.29) is 11.1 Å². The van der Waals surface area contributed by atoms with Gasteiger partial charge < -0.3 is 0 Å². The Kier molecular flexibility index (Phi) is 4.70. The lowest BCUT2D eigenvalue weighted by Crippen LogP contribution is -2.02. The molecule has 0 fully saturated rings. The summed E-state index contributed by atoms with van der Waals surface area (Å²) < 4.78 is 30.2. The van der Waals surface area contributed by atoms with Gasteiger partial charge in [0.05, 0.1) is 5.56 Å². The number of rotatable bonds is 3. The van der Waals surface area contributed by atoms with Crippen molar-refractivity contribution < 1.29 is 8.78 Å². The lowest BCUT2D eigenvalue weighted by Gasteiger charge is -2.19. The molecule has 0 aliphatic heterocycles. The van der Waals surface area contributed by atoms with Crippen LogP contribution in [0.5, 0.6) is 0 Å². The van der Waals surface area contributed by atoms with Gasteiger partial charge >= 0.3 is 0 Å². The molecule has 0 unspecified atom stereocenters. The van der Waals surface area contributed by atoms with Crippen molar-refractivity contribution in [1.82, 2.24) is 0 Å². The lowest BCUT2D eigenvalue weighted by molar-refractivity contribution is 0.509. The first kappa shape index (κ1) is 17.6. The molecule has 134 valence electrons. The quantitative estimate of drug-likeness (QED) is 0.389. The van der Waals surface area contributed by atoms with Crippen LogP contribution in [-0.2, 0) is 0 Å². The molecular formula is C25H15F2N. The molecule has 4 rings (SSSR count). The predicted octanol–water partition coefficient (Wildman–Crippen LogP) is 6.84. The van der Waals surface area contributed by atoms with Gasteiger partial charge in [-0.3, -0.25) is 0 Å². The van der Waals surface area contributed by atoms with Gasteiger partial charge in [0.25, 0.3) is 0 Å². The second kappa shape index (κ2) is 7.46. The average molecular weight is 367 g/mol. The van der Waals surface area contributed by atoms with Gasteiger partial charge in [-0.15, -0.1) is 0 Å². The van der Waals surface area contributed by atoms with E-state index >= 15 is 4.39 Å². The second-order valence-electron chi connectivity index (χ2n) is 6.34. The Morgan fingerprint density at radius 1 is 0.500 bits per heavy atom. The van der Waals surface area contributed by atoms with Gasteiger partial charge in [-0.1, -0.05) is 91.0 Å². The fourth-order valence-corrected chi connectivity index (χ4v) is 3.46. The first-order valence-corrected chi connectivity index (χ1v) is 8.83. The molecule has 4 aromatic rings. The Bertz CT molecular complexity index is 1160. The zero-order chi connectivity index (χ0) is 19.5. The first-order chi connectivity index (χ1) is 13.7. The van der Waals surface area contributed by atoms with Crippen molar-refractivity contribution in [3.8, 4) is 39.4 Å². The number of benzene rings is 4. The molecule has 0 atom stereocenters. The Balaban J connectivity index is 2.22. The summed E-state index contributed by atoms with van der Waals surface area (Å²) in [5, 5.41) is 9.66. The van der Waals surface area contributed by atoms with Crippen LogP contribution in [0.1, 0.15) is 5.56 Å². The van der Waals surface area contributed by atoms with Gasteiger partial charge in [-0.25, -0.2) is 8.78 Å². The third kappa shape index (κ3) is 2.95. The van der Waals surface area contributed by atoms with Gasteiger partial charge in [0, 0.05) is 16.7 Å².